The molecule has 0 bridgehead atoms. The van der Waals surface area contributed by atoms with Gasteiger partial charge in [-0.15, -0.1) is 0 Å². The Morgan fingerprint density at radius 2 is 2.00 bits per heavy atom. The Morgan fingerprint density at radius 3 is 2.53 bits per heavy atom. The highest BCUT2D eigenvalue weighted by Gasteiger charge is 2.51. The summed E-state index contributed by atoms with van der Waals surface area (Å²) >= 11 is 0. The van der Waals surface area contributed by atoms with Gasteiger partial charge in [0, 0.05) is 13.6 Å². The molecule has 3 N–H and O–H groups in total. The van der Waals surface area contributed by atoms with Crippen molar-refractivity contribution in [1.29, 1.82) is 0 Å². The van der Waals surface area contributed by atoms with E-state index < -0.39 is 32.4 Å². The minimum atomic E-state index is -5.20. The maximum Gasteiger partial charge on any atom is 0.400 e. The lowest BCUT2D eigenvalue weighted by molar-refractivity contribution is 0.105. The molecule has 19 heavy (non-hydrogen) atoms. The Morgan fingerprint density at radius 1 is 1.42 bits per heavy atom. The zero-order valence-corrected chi connectivity index (χ0v) is 10.8. The minimum absolute atomic E-state index is 0.0391. The van der Waals surface area contributed by atoms with Crippen LogP contribution in [-0.2, 0) is 9.84 Å². The normalized spacial score (nSPS) is 13.4. The maximum absolute atomic E-state index is 13.7. The van der Waals surface area contributed by atoms with Gasteiger partial charge in [-0.25, -0.2) is 12.8 Å². The van der Waals surface area contributed by atoms with E-state index in [0.29, 0.717) is 6.08 Å². The highest BCUT2D eigenvalue weighted by atomic mass is 32.2. The van der Waals surface area contributed by atoms with Gasteiger partial charge in [0.1, 0.15) is 0 Å². The van der Waals surface area contributed by atoms with E-state index in [-0.39, 0.29) is 5.69 Å². The molecule has 0 unspecified atom stereocenters. The summed E-state index contributed by atoms with van der Waals surface area (Å²) in [6.45, 7) is -0.523. The second kappa shape index (κ2) is 5.62. The van der Waals surface area contributed by atoms with Crippen molar-refractivity contribution in [1.82, 2.24) is 0 Å². The zero-order chi connectivity index (χ0) is 14.7. The summed E-state index contributed by atoms with van der Waals surface area (Å²) in [6.07, 6.45) is 0.333. The third-order valence-corrected chi connectivity index (χ3v) is 4.16. The largest absolute Gasteiger partial charge is 0.400 e. The number of rotatable bonds is 5. The second-order valence-electron chi connectivity index (χ2n) is 3.55. The first-order valence-electron chi connectivity index (χ1n) is 5.24. The van der Waals surface area contributed by atoms with Gasteiger partial charge in [0.25, 0.3) is 9.84 Å². The van der Waals surface area contributed by atoms with Crippen LogP contribution in [0.25, 0.3) is 0 Å². The van der Waals surface area contributed by atoms with Crippen LogP contribution in [0.2, 0.25) is 0 Å². The van der Waals surface area contributed by atoms with Gasteiger partial charge < -0.3 is 11.1 Å². The number of alkyl halides is 2. The molecule has 4 nitrogen and oxygen atoms in total. The summed E-state index contributed by atoms with van der Waals surface area (Å²) < 4.78 is 64.2. The molecule has 0 aliphatic rings. The molecule has 8 heteroatoms. The zero-order valence-electron chi connectivity index (χ0n) is 10.0. The van der Waals surface area contributed by atoms with Gasteiger partial charge >= 0.3 is 5.25 Å². The van der Waals surface area contributed by atoms with Gasteiger partial charge in [0.15, 0.2) is 5.83 Å². The Balaban J connectivity index is 3.43. The van der Waals surface area contributed by atoms with E-state index >= 15 is 0 Å². The molecule has 0 aromatic heterocycles. The quantitative estimate of drug-likeness (QED) is 0.870. The Kier molecular flexibility index (Phi) is 4.59. The average Bonchev–Trinajstić information content (AvgIpc) is 2.38. The number of nitrogens with one attached hydrogen (secondary N) is 1. The van der Waals surface area contributed by atoms with E-state index in [1.165, 1.54) is 25.2 Å². The minimum Gasteiger partial charge on any atom is -0.387 e. The number of sulfone groups is 1. The molecule has 1 aromatic carbocycles. The third kappa shape index (κ3) is 2.74. The highest BCUT2D eigenvalue weighted by Crippen LogP contribution is 2.38. The molecule has 0 aliphatic carbocycles. The number of nitrogens with two attached hydrogens (primary N) is 1. The van der Waals surface area contributed by atoms with Gasteiger partial charge in [-0.1, -0.05) is 12.1 Å². The van der Waals surface area contributed by atoms with E-state index in [9.17, 15) is 21.6 Å². The predicted octanol–water partition coefficient (Wildman–Crippen LogP) is 1.91. The van der Waals surface area contributed by atoms with Crippen molar-refractivity contribution in [2.24, 2.45) is 5.73 Å². The monoisotopic (exact) mass is 294 g/mol. The van der Waals surface area contributed by atoms with Crippen molar-refractivity contribution in [3.05, 3.63) is 36.2 Å². The molecule has 0 aliphatic heterocycles. The molecular weight excluding hydrogens is 281 g/mol. The Labute approximate surface area is 109 Å². The fourth-order valence-electron chi connectivity index (χ4n) is 1.40. The second-order valence-corrected chi connectivity index (χ2v) is 5.51. The van der Waals surface area contributed by atoms with E-state index in [4.69, 9.17) is 5.73 Å². The molecule has 1 aromatic rings. The van der Waals surface area contributed by atoms with Crippen LogP contribution in [0.3, 0.4) is 0 Å². The number of hydrogen-bond donors (Lipinski definition) is 2. The van der Waals surface area contributed by atoms with E-state index in [0.717, 1.165) is 6.07 Å². The van der Waals surface area contributed by atoms with Crippen LogP contribution < -0.4 is 11.1 Å². The van der Waals surface area contributed by atoms with Crippen LogP contribution in [0, 0.1) is 0 Å². The van der Waals surface area contributed by atoms with Crippen LogP contribution in [0.15, 0.2) is 41.1 Å². The number of halogens is 3. The van der Waals surface area contributed by atoms with Crippen molar-refractivity contribution < 1.29 is 21.6 Å². The Hall–Kier alpha value is -1.54. The van der Waals surface area contributed by atoms with Crippen LogP contribution in [0.1, 0.15) is 0 Å². The van der Waals surface area contributed by atoms with Crippen molar-refractivity contribution in [3.63, 3.8) is 0 Å². The first-order chi connectivity index (χ1) is 8.79. The molecule has 0 amide bonds. The molecule has 0 spiro atoms. The molecule has 106 valence electrons. The summed E-state index contributed by atoms with van der Waals surface area (Å²) in [5.41, 5.74) is 4.87. The van der Waals surface area contributed by atoms with Crippen LogP contribution >= 0.6 is 0 Å². The standard InChI is InChI=1S/C11H13F3N2O2S/c1-16-8-4-2-3-5-9(8)19(17,18)11(13,14)10(12)6-7-15/h2-6,16H,7,15H2,1H3/b10-6-. The van der Waals surface area contributed by atoms with E-state index in [1.807, 2.05) is 0 Å². The predicted molar refractivity (Wildman–Crippen MR) is 66.4 cm³/mol. The fraction of sp³-hybridized carbons (Fsp3) is 0.273. The maximum atomic E-state index is 13.7. The molecule has 0 saturated carbocycles. The first kappa shape index (κ1) is 15.5. The SMILES string of the molecule is CNc1ccccc1S(=O)(=O)C(F)(F)/C(F)=C/CN. The van der Waals surface area contributed by atoms with Crippen LogP contribution in [-0.4, -0.2) is 27.3 Å². The lowest BCUT2D eigenvalue weighted by Crippen LogP contribution is -2.30. The topological polar surface area (TPSA) is 72.2 Å². The molecule has 0 heterocycles. The highest BCUT2D eigenvalue weighted by molar-refractivity contribution is 7.92. The molecule has 0 saturated heterocycles. The number of benzene rings is 1. The third-order valence-electron chi connectivity index (χ3n) is 2.36. The van der Waals surface area contributed by atoms with Gasteiger partial charge in [0.05, 0.1) is 10.6 Å². The molecule has 1 rings (SSSR count). The number of anilines is 1. The summed E-state index contributed by atoms with van der Waals surface area (Å²) in [6, 6.07) is 5.02. The lowest BCUT2D eigenvalue weighted by Gasteiger charge is -2.17. The van der Waals surface area contributed by atoms with Crippen LogP contribution in [0.5, 0.6) is 0 Å². The summed E-state index contributed by atoms with van der Waals surface area (Å²) in [4.78, 5) is -0.678. The number of hydrogen-bond acceptors (Lipinski definition) is 4. The fourth-order valence-corrected chi connectivity index (χ4v) is 2.73. The van der Waals surface area contributed by atoms with Crippen molar-refractivity contribution in [2.75, 3.05) is 18.9 Å². The summed E-state index contributed by atoms with van der Waals surface area (Å²) in [5, 5.41) is -2.19. The average molecular weight is 294 g/mol. The van der Waals surface area contributed by atoms with Crippen molar-refractivity contribution >= 4 is 15.5 Å². The Bertz CT molecular complexity index is 585. The van der Waals surface area contributed by atoms with Crippen molar-refractivity contribution in [2.45, 2.75) is 10.2 Å². The molecular formula is C11H13F3N2O2S. The van der Waals surface area contributed by atoms with Gasteiger partial charge in [0.2, 0.25) is 0 Å². The van der Waals surface area contributed by atoms with E-state index in [2.05, 4.69) is 5.32 Å². The lowest BCUT2D eigenvalue weighted by atomic mass is 10.3. The summed E-state index contributed by atoms with van der Waals surface area (Å²) in [5.74, 6) is -2.08. The van der Waals surface area contributed by atoms with Crippen molar-refractivity contribution in [3.8, 4) is 0 Å². The van der Waals surface area contributed by atoms with Crippen LogP contribution in [0.4, 0.5) is 18.9 Å². The van der Waals surface area contributed by atoms with E-state index in [1.54, 1.807) is 0 Å². The van der Waals surface area contributed by atoms with Gasteiger partial charge in [-0.05, 0) is 18.2 Å². The smallest absolute Gasteiger partial charge is 0.387 e. The van der Waals surface area contributed by atoms with Gasteiger partial charge in [-0.3, -0.25) is 0 Å². The first-order valence-corrected chi connectivity index (χ1v) is 6.72. The van der Waals surface area contributed by atoms with Gasteiger partial charge in [-0.2, -0.15) is 8.78 Å². The molecule has 0 atom stereocenters. The number of para-hydroxylation sites is 1. The molecule has 0 fully saturated rings. The molecule has 0 radical (unpaired) electrons. The summed E-state index contributed by atoms with van der Waals surface area (Å²) in [7, 11) is -3.82.